The van der Waals surface area contributed by atoms with E-state index in [1.807, 2.05) is 38.1 Å². The van der Waals surface area contributed by atoms with Gasteiger partial charge < -0.3 is 15.5 Å². The van der Waals surface area contributed by atoms with Crippen molar-refractivity contribution in [1.82, 2.24) is 4.90 Å². The lowest BCUT2D eigenvalue weighted by Crippen LogP contribution is -2.27. The molecule has 0 atom stereocenters. The Balaban J connectivity index is 2.61. The Labute approximate surface area is 136 Å². The Kier molecular flexibility index (Phi) is 7.41. The van der Waals surface area contributed by atoms with E-state index in [0.717, 1.165) is 16.9 Å². The topological polar surface area (TPSA) is 61.4 Å². The Morgan fingerprint density at radius 2 is 1.86 bits per heavy atom. The van der Waals surface area contributed by atoms with Gasteiger partial charge in [0, 0.05) is 11.4 Å². The molecule has 0 aromatic heterocycles. The molecular formula is C16H25N3O2S. The second-order valence-corrected chi connectivity index (χ2v) is 7.29. The minimum absolute atomic E-state index is 0.0116. The average molecular weight is 323 g/mol. The van der Waals surface area contributed by atoms with Gasteiger partial charge in [0.05, 0.1) is 12.3 Å². The van der Waals surface area contributed by atoms with Crippen molar-refractivity contribution < 1.29 is 9.59 Å². The van der Waals surface area contributed by atoms with E-state index >= 15 is 0 Å². The van der Waals surface area contributed by atoms with Crippen molar-refractivity contribution >= 4 is 35.0 Å². The zero-order valence-electron chi connectivity index (χ0n) is 13.9. The van der Waals surface area contributed by atoms with E-state index in [-0.39, 0.29) is 11.8 Å². The molecule has 0 unspecified atom stereocenters. The van der Waals surface area contributed by atoms with Crippen molar-refractivity contribution in [2.24, 2.45) is 0 Å². The average Bonchev–Trinajstić information content (AvgIpc) is 2.38. The summed E-state index contributed by atoms with van der Waals surface area (Å²) in [7, 11) is 3.69. The number of thioether (sulfide) groups is 1. The van der Waals surface area contributed by atoms with Crippen molar-refractivity contribution in [3.63, 3.8) is 0 Å². The molecule has 0 saturated heterocycles. The van der Waals surface area contributed by atoms with Gasteiger partial charge in [0.2, 0.25) is 11.8 Å². The molecule has 22 heavy (non-hydrogen) atoms. The van der Waals surface area contributed by atoms with Crippen molar-refractivity contribution in [3.8, 4) is 0 Å². The third-order valence-electron chi connectivity index (χ3n) is 2.79. The van der Waals surface area contributed by atoms with Gasteiger partial charge in [-0.1, -0.05) is 13.8 Å². The summed E-state index contributed by atoms with van der Waals surface area (Å²) in [5.74, 6) is 0.374. The Hall–Kier alpha value is -1.53. The Bertz CT molecular complexity index is 530. The highest BCUT2D eigenvalue weighted by molar-refractivity contribution is 8.00. The van der Waals surface area contributed by atoms with Gasteiger partial charge in [0.1, 0.15) is 0 Å². The van der Waals surface area contributed by atoms with E-state index in [1.165, 1.54) is 0 Å². The second kappa shape index (κ2) is 8.80. The van der Waals surface area contributed by atoms with Crippen molar-refractivity contribution in [2.45, 2.75) is 26.0 Å². The van der Waals surface area contributed by atoms with Gasteiger partial charge in [-0.3, -0.25) is 9.59 Å². The lowest BCUT2D eigenvalue weighted by molar-refractivity contribution is -0.117. The molecule has 0 aliphatic rings. The molecule has 2 amide bonds. The van der Waals surface area contributed by atoms with Gasteiger partial charge in [0.25, 0.3) is 0 Å². The summed E-state index contributed by atoms with van der Waals surface area (Å²) in [5.41, 5.74) is 2.43. The van der Waals surface area contributed by atoms with E-state index in [1.54, 1.807) is 17.8 Å². The molecule has 1 aromatic carbocycles. The van der Waals surface area contributed by atoms with E-state index in [0.29, 0.717) is 17.5 Å². The summed E-state index contributed by atoms with van der Waals surface area (Å²) < 4.78 is 0. The highest BCUT2D eigenvalue weighted by Crippen LogP contribution is 2.20. The molecule has 5 nitrogen and oxygen atoms in total. The second-order valence-electron chi connectivity index (χ2n) is 5.72. The van der Waals surface area contributed by atoms with Crippen LogP contribution in [0.1, 0.15) is 19.4 Å². The van der Waals surface area contributed by atoms with E-state index in [9.17, 15) is 9.59 Å². The maximum Gasteiger partial charge on any atom is 0.238 e. The monoisotopic (exact) mass is 323 g/mol. The van der Waals surface area contributed by atoms with Gasteiger partial charge in [-0.25, -0.2) is 0 Å². The number of carbonyl (C=O) groups is 2. The first-order chi connectivity index (χ1) is 10.3. The number of carbonyl (C=O) groups excluding carboxylic acids is 2. The maximum atomic E-state index is 11.8. The highest BCUT2D eigenvalue weighted by Gasteiger charge is 2.08. The quantitative estimate of drug-likeness (QED) is 0.809. The SMILES string of the molecule is Cc1cc(NC(=O)CSC(C)C)ccc1NC(=O)CN(C)C. The minimum atomic E-state index is -0.0572. The molecule has 0 radical (unpaired) electrons. The zero-order chi connectivity index (χ0) is 16.7. The predicted octanol–water partition coefficient (Wildman–Crippen LogP) is 2.58. The molecule has 0 bridgehead atoms. The highest BCUT2D eigenvalue weighted by atomic mass is 32.2. The lowest BCUT2D eigenvalue weighted by atomic mass is 10.1. The van der Waals surface area contributed by atoms with Gasteiger partial charge >= 0.3 is 0 Å². The molecule has 2 N–H and O–H groups in total. The number of aryl methyl sites for hydroxylation is 1. The number of hydrogen-bond acceptors (Lipinski definition) is 4. The summed E-state index contributed by atoms with van der Waals surface area (Å²) in [6.45, 7) is 6.37. The van der Waals surface area contributed by atoms with Crippen LogP contribution >= 0.6 is 11.8 Å². The summed E-state index contributed by atoms with van der Waals surface area (Å²) in [5, 5.41) is 6.17. The maximum absolute atomic E-state index is 11.8. The van der Waals surface area contributed by atoms with Gasteiger partial charge in [-0.05, 0) is 50.0 Å². The van der Waals surface area contributed by atoms with Crippen LogP contribution in [0.15, 0.2) is 18.2 Å². The first kappa shape index (κ1) is 18.5. The number of hydrogen-bond donors (Lipinski definition) is 2. The first-order valence-corrected chi connectivity index (χ1v) is 8.29. The molecular weight excluding hydrogens is 298 g/mol. The third kappa shape index (κ3) is 6.95. The molecule has 6 heteroatoms. The zero-order valence-corrected chi connectivity index (χ0v) is 14.7. The number of rotatable bonds is 7. The van der Waals surface area contributed by atoms with Gasteiger partial charge in [-0.2, -0.15) is 0 Å². The van der Waals surface area contributed by atoms with Gasteiger partial charge in [0.15, 0.2) is 0 Å². The Morgan fingerprint density at radius 3 is 2.41 bits per heavy atom. The molecule has 0 aliphatic heterocycles. The molecule has 122 valence electrons. The van der Waals surface area contributed by atoms with Crippen molar-refractivity contribution in [2.75, 3.05) is 37.0 Å². The minimum Gasteiger partial charge on any atom is -0.325 e. The fraction of sp³-hybridized carbons (Fsp3) is 0.500. The summed E-state index contributed by atoms with van der Waals surface area (Å²) in [6, 6.07) is 5.48. The molecule has 1 rings (SSSR count). The molecule has 0 heterocycles. The normalized spacial score (nSPS) is 10.9. The number of benzene rings is 1. The van der Waals surface area contributed by atoms with Crippen LogP contribution in [0.3, 0.4) is 0 Å². The van der Waals surface area contributed by atoms with Crippen LogP contribution in [-0.2, 0) is 9.59 Å². The van der Waals surface area contributed by atoms with Crippen molar-refractivity contribution in [3.05, 3.63) is 23.8 Å². The molecule has 1 aromatic rings. The van der Waals surface area contributed by atoms with E-state index < -0.39 is 0 Å². The Morgan fingerprint density at radius 1 is 1.18 bits per heavy atom. The fourth-order valence-corrected chi connectivity index (χ4v) is 2.35. The fourth-order valence-electron chi connectivity index (χ4n) is 1.80. The molecule has 0 saturated carbocycles. The largest absolute Gasteiger partial charge is 0.325 e. The number of anilines is 2. The van der Waals surface area contributed by atoms with Crippen molar-refractivity contribution in [1.29, 1.82) is 0 Å². The number of likely N-dealkylation sites (N-methyl/N-ethyl adjacent to an activating group) is 1. The lowest BCUT2D eigenvalue weighted by Gasteiger charge is -2.13. The number of amides is 2. The van der Waals surface area contributed by atoms with Crippen LogP contribution in [0.2, 0.25) is 0 Å². The van der Waals surface area contributed by atoms with Crippen LogP contribution in [0.25, 0.3) is 0 Å². The van der Waals surface area contributed by atoms with Crippen LogP contribution in [0.5, 0.6) is 0 Å². The van der Waals surface area contributed by atoms with Crippen LogP contribution in [0, 0.1) is 6.92 Å². The van der Waals surface area contributed by atoms with Crippen LogP contribution in [0.4, 0.5) is 11.4 Å². The standard InChI is InChI=1S/C16H25N3O2S/c1-11(2)22-10-16(21)17-13-6-7-14(12(3)8-13)18-15(20)9-19(4)5/h6-8,11H,9-10H2,1-5H3,(H,17,21)(H,18,20). The molecule has 0 spiro atoms. The predicted molar refractivity (Wildman–Crippen MR) is 94.6 cm³/mol. The number of nitrogens with zero attached hydrogens (tertiary/aromatic N) is 1. The summed E-state index contributed by atoms with van der Waals surface area (Å²) >= 11 is 1.61. The van der Waals surface area contributed by atoms with Crippen LogP contribution in [-0.4, -0.2) is 48.4 Å². The molecule has 0 aliphatic carbocycles. The summed E-state index contributed by atoms with van der Waals surface area (Å²) in [6.07, 6.45) is 0. The van der Waals surface area contributed by atoms with E-state index in [4.69, 9.17) is 0 Å². The molecule has 0 fully saturated rings. The van der Waals surface area contributed by atoms with E-state index in [2.05, 4.69) is 24.5 Å². The van der Waals surface area contributed by atoms with Gasteiger partial charge in [-0.15, -0.1) is 11.8 Å². The van der Waals surface area contributed by atoms with Crippen LogP contribution < -0.4 is 10.6 Å². The summed E-state index contributed by atoms with van der Waals surface area (Å²) in [4.78, 5) is 25.4. The third-order valence-corrected chi connectivity index (χ3v) is 3.89. The first-order valence-electron chi connectivity index (χ1n) is 7.24. The number of nitrogens with one attached hydrogen (secondary N) is 2. The smallest absolute Gasteiger partial charge is 0.238 e.